The van der Waals surface area contributed by atoms with Crippen LogP contribution in [0.4, 0.5) is 5.69 Å². The summed E-state index contributed by atoms with van der Waals surface area (Å²) < 4.78 is 0. The predicted molar refractivity (Wildman–Crippen MR) is 63.3 cm³/mol. The van der Waals surface area contributed by atoms with Crippen LogP contribution in [0.1, 0.15) is 23.7 Å². The first-order valence-electron chi connectivity index (χ1n) is 5.28. The molecule has 0 aromatic carbocycles. The molecule has 0 radical (unpaired) electrons. The van der Waals surface area contributed by atoms with Gasteiger partial charge in [-0.1, -0.05) is 18.5 Å². The van der Waals surface area contributed by atoms with Gasteiger partial charge in [0.25, 0.3) is 5.91 Å². The normalized spacial score (nSPS) is 20.1. The largest absolute Gasteiger partial charge is 0.397 e. The Labute approximate surface area is 99.4 Å². The van der Waals surface area contributed by atoms with Gasteiger partial charge in [0.1, 0.15) is 5.15 Å². The number of anilines is 1. The molecule has 2 heterocycles. The first kappa shape index (κ1) is 11.2. The molecule has 0 spiro atoms. The van der Waals surface area contributed by atoms with E-state index in [9.17, 15) is 4.79 Å². The van der Waals surface area contributed by atoms with Crippen LogP contribution in [-0.2, 0) is 0 Å². The van der Waals surface area contributed by atoms with Crippen molar-refractivity contribution in [1.82, 2.24) is 9.88 Å². The number of nitrogen functional groups attached to an aromatic ring is 1. The van der Waals surface area contributed by atoms with Gasteiger partial charge in [0, 0.05) is 13.1 Å². The average Bonchev–Trinajstić information content (AvgIpc) is 2.67. The van der Waals surface area contributed by atoms with E-state index >= 15 is 0 Å². The highest BCUT2D eigenvalue weighted by Crippen LogP contribution is 2.21. The molecule has 0 bridgehead atoms. The molecular weight excluding hydrogens is 226 g/mol. The molecule has 1 unspecified atom stereocenters. The van der Waals surface area contributed by atoms with Crippen molar-refractivity contribution in [3.8, 4) is 0 Å². The molecule has 86 valence electrons. The summed E-state index contributed by atoms with van der Waals surface area (Å²) in [4.78, 5) is 17.8. The lowest BCUT2D eigenvalue weighted by Crippen LogP contribution is -2.29. The Hall–Kier alpha value is -1.29. The Morgan fingerprint density at radius 1 is 1.69 bits per heavy atom. The van der Waals surface area contributed by atoms with Crippen LogP contribution in [0.2, 0.25) is 5.15 Å². The van der Waals surface area contributed by atoms with Crippen LogP contribution in [0.15, 0.2) is 12.3 Å². The Morgan fingerprint density at radius 2 is 2.44 bits per heavy atom. The number of pyridine rings is 1. The van der Waals surface area contributed by atoms with Crippen LogP contribution >= 0.6 is 11.6 Å². The second-order valence-electron chi connectivity index (χ2n) is 4.24. The van der Waals surface area contributed by atoms with Gasteiger partial charge in [0.15, 0.2) is 0 Å². The quantitative estimate of drug-likeness (QED) is 0.761. The average molecular weight is 240 g/mol. The van der Waals surface area contributed by atoms with E-state index in [1.807, 2.05) is 4.90 Å². The van der Waals surface area contributed by atoms with Crippen LogP contribution in [0.3, 0.4) is 0 Å². The Morgan fingerprint density at radius 3 is 3.06 bits per heavy atom. The molecule has 1 atom stereocenters. The third-order valence-corrected chi connectivity index (χ3v) is 3.05. The molecule has 0 aliphatic carbocycles. The predicted octanol–water partition coefficient (Wildman–Crippen LogP) is 1.80. The number of carbonyl (C=O) groups excluding carboxylic acids is 1. The lowest BCUT2D eigenvalue weighted by Gasteiger charge is -2.16. The number of carbonyl (C=O) groups is 1. The highest BCUT2D eigenvalue weighted by atomic mass is 35.5. The molecule has 1 fully saturated rings. The van der Waals surface area contributed by atoms with Gasteiger partial charge in [-0.25, -0.2) is 4.98 Å². The molecule has 1 aromatic heterocycles. The summed E-state index contributed by atoms with van der Waals surface area (Å²) in [7, 11) is 0. The monoisotopic (exact) mass is 239 g/mol. The van der Waals surface area contributed by atoms with Crippen molar-refractivity contribution in [3.05, 3.63) is 23.0 Å². The number of nitrogens with zero attached hydrogens (tertiary/aromatic N) is 2. The molecule has 1 aromatic rings. The maximum absolute atomic E-state index is 12.1. The van der Waals surface area contributed by atoms with Crippen molar-refractivity contribution in [3.63, 3.8) is 0 Å². The highest BCUT2D eigenvalue weighted by molar-refractivity contribution is 6.29. The van der Waals surface area contributed by atoms with Gasteiger partial charge >= 0.3 is 0 Å². The lowest BCUT2D eigenvalue weighted by molar-refractivity contribution is 0.0789. The number of likely N-dealkylation sites (tertiary alicyclic amines) is 1. The number of hydrogen-bond acceptors (Lipinski definition) is 3. The molecule has 1 saturated heterocycles. The van der Waals surface area contributed by atoms with Gasteiger partial charge in [-0.2, -0.15) is 0 Å². The van der Waals surface area contributed by atoms with Crippen LogP contribution in [0.5, 0.6) is 0 Å². The van der Waals surface area contributed by atoms with Crippen LogP contribution < -0.4 is 5.73 Å². The van der Waals surface area contributed by atoms with Gasteiger partial charge in [-0.15, -0.1) is 0 Å². The van der Waals surface area contributed by atoms with Gasteiger partial charge in [-0.3, -0.25) is 4.79 Å². The number of hydrogen-bond donors (Lipinski definition) is 1. The number of nitrogens with two attached hydrogens (primary N) is 1. The van der Waals surface area contributed by atoms with E-state index in [1.165, 1.54) is 12.3 Å². The lowest BCUT2D eigenvalue weighted by atomic mass is 10.2. The fourth-order valence-corrected chi connectivity index (χ4v) is 2.07. The first-order chi connectivity index (χ1) is 7.58. The molecule has 1 aliphatic rings. The Kier molecular flexibility index (Phi) is 3.01. The molecule has 16 heavy (non-hydrogen) atoms. The fraction of sp³-hybridized carbons (Fsp3) is 0.455. The fourth-order valence-electron chi connectivity index (χ4n) is 1.92. The van der Waals surface area contributed by atoms with E-state index in [4.69, 9.17) is 17.3 Å². The summed E-state index contributed by atoms with van der Waals surface area (Å²) in [6, 6.07) is 1.53. The Bertz CT molecular complexity index is 422. The minimum Gasteiger partial charge on any atom is -0.397 e. The maximum Gasteiger partial charge on any atom is 0.256 e. The number of halogens is 1. The summed E-state index contributed by atoms with van der Waals surface area (Å²) in [5, 5.41) is 0.296. The zero-order chi connectivity index (χ0) is 11.7. The molecule has 2 N–H and O–H groups in total. The summed E-state index contributed by atoms with van der Waals surface area (Å²) in [5.41, 5.74) is 6.56. The SMILES string of the molecule is CC1CCN(C(=O)c2cc(Cl)ncc2N)C1. The van der Waals surface area contributed by atoms with Crippen molar-refractivity contribution >= 4 is 23.2 Å². The zero-order valence-corrected chi connectivity index (χ0v) is 9.87. The van der Waals surface area contributed by atoms with Crippen LogP contribution in [-0.4, -0.2) is 28.9 Å². The van der Waals surface area contributed by atoms with Crippen molar-refractivity contribution in [2.75, 3.05) is 18.8 Å². The number of rotatable bonds is 1. The van der Waals surface area contributed by atoms with Crippen molar-refractivity contribution < 1.29 is 4.79 Å². The standard InChI is InChI=1S/C11H14ClN3O/c1-7-2-3-15(6-7)11(16)8-4-10(12)14-5-9(8)13/h4-5,7H,2-3,6,13H2,1H3. The molecule has 5 heteroatoms. The summed E-state index contributed by atoms with van der Waals surface area (Å²) >= 11 is 5.76. The first-order valence-corrected chi connectivity index (χ1v) is 5.66. The van der Waals surface area contributed by atoms with E-state index in [-0.39, 0.29) is 5.91 Å². The summed E-state index contributed by atoms with van der Waals surface area (Å²) in [6.45, 7) is 3.72. The molecule has 0 saturated carbocycles. The van der Waals surface area contributed by atoms with Crippen LogP contribution in [0.25, 0.3) is 0 Å². The second-order valence-corrected chi connectivity index (χ2v) is 4.63. The van der Waals surface area contributed by atoms with Crippen LogP contribution in [0, 0.1) is 5.92 Å². The van der Waals surface area contributed by atoms with E-state index in [2.05, 4.69) is 11.9 Å². The summed E-state index contributed by atoms with van der Waals surface area (Å²) in [6.07, 6.45) is 2.47. The van der Waals surface area contributed by atoms with E-state index in [0.29, 0.717) is 22.3 Å². The number of amides is 1. The molecule has 2 rings (SSSR count). The zero-order valence-electron chi connectivity index (χ0n) is 9.11. The van der Waals surface area contributed by atoms with E-state index in [1.54, 1.807) is 0 Å². The topological polar surface area (TPSA) is 59.2 Å². The second kappa shape index (κ2) is 4.29. The van der Waals surface area contributed by atoms with Crippen molar-refractivity contribution in [2.24, 2.45) is 5.92 Å². The van der Waals surface area contributed by atoms with E-state index < -0.39 is 0 Å². The van der Waals surface area contributed by atoms with Gasteiger partial charge in [0.05, 0.1) is 17.4 Å². The van der Waals surface area contributed by atoms with Gasteiger partial charge in [-0.05, 0) is 18.4 Å². The molecule has 1 aliphatic heterocycles. The molecular formula is C11H14ClN3O. The summed E-state index contributed by atoms with van der Waals surface area (Å²) in [5.74, 6) is 0.508. The smallest absolute Gasteiger partial charge is 0.256 e. The minimum absolute atomic E-state index is 0.0499. The van der Waals surface area contributed by atoms with Gasteiger partial charge in [0.2, 0.25) is 0 Å². The maximum atomic E-state index is 12.1. The molecule has 1 amide bonds. The number of aromatic nitrogens is 1. The van der Waals surface area contributed by atoms with Crippen molar-refractivity contribution in [2.45, 2.75) is 13.3 Å². The van der Waals surface area contributed by atoms with E-state index in [0.717, 1.165) is 19.5 Å². The van der Waals surface area contributed by atoms with Crippen molar-refractivity contribution in [1.29, 1.82) is 0 Å². The third-order valence-electron chi connectivity index (χ3n) is 2.84. The Balaban J connectivity index is 2.23. The minimum atomic E-state index is -0.0499. The molecule has 4 nitrogen and oxygen atoms in total. The van der Waals surface area contributed by atoms with Gasteiger partial charge < -0.3 is 10.6 Å². The highest BCUT2D eigenvalue weighted by Gasteiger charge is 2.25. The third kappa shape index (κ3) is 2.11.